The first-order valence-corrected chi connectivity index (χ1v) is 4.80. The van der Waals surface area contributed by atoms with Crippen molar-refractivity contribution in [2.24, 2.45) is 11.7 Å². The van der Waals surface area contributed by atoms with Gasteiger partial charge in [0.15, 0.2) is 0 Å². The lowest BCUT2D eigenvalue weighted by atomic mass is 10.1. The maximum Gasteiger partial charge on any atom is 0.0587 e. The largest absolute Gasteiger partial charge is 0.383 e. The van der Waals surface area contributed by atoms with Crippen molar-refractivity contribution in [2.45, 2.75) is 25.3 Å². The molecule has 1 atom stereocenters. The van der Waals surface area contributed by atoms with Crippen LogP contribution < -0.4 is 11.1 Å². The number of nitrogens with two attached hydrogens (primary N) is 1. The second-order valence-corrected chi connectivity index (χ2v) is 3.53. The summed E-state index contributed by atoms with van der Waals surface area (Å²) in [6.07, 6.45) is 3.80. The second kappa shape index (κ2) is 5.51. The quantitative estimate of drug-likeness (QED) is 0.545. The molecule has 1 aliphatic rings. The van der Waals surface area contributed by atoms with E-state index >= 15 is 0 Å². The summed E-state index contributed by atoms with van der Waals surface area (Å²) in [6, 6.07) is 0.431. The Balaban J connectivity index is 1.81. The van der Waals surface area contributed by atoms with E-state index in [9.17, 15) is 0 Å². The van der Waals surface area contributed by atoms with E-state index in [1.54, 1.807) is 7.11 Å². The van der Waals surface area contributed by atoms with Gasteiger partial charge in [-0.25, -0.2) is 0 Å². The summed E-state index contributed by atoms with van der Waals surface area (Å²) < 4.78 is 4.91. The minimum Gasteiger partial charge on any atom is -0.383 e. The summed E-state index contributed by atoms with van der Waals surface area (Å²) in [4.78, 5) is 0. The number of hydrogen-bond donors (Lipinski definition) is 2. The van der Waals surface area contributed by atoms with Gasteiger partial charge in [0.25, 0.3) is 0 Å². The number of methoxy groups -OCH3 is 1. The van der Waals surface area contributed by atoms with Crippen molar-refractivity contribution < 1.29 is 4.74 Å². The van der Waals surface area contributed by atoms with E-state index in [-0.39, 0.29) is 0 Å². The molecule has 0 aromatic heterocycles. The zero-order valence-corrected chi connectivity index (χ0v) is 7.88. The van der Waals surface area contributed by atoms with E-state index in [2.05, 4.69) is 5.32 Å². The molecular weight excluding hydrogens is 152 g/mol. The summed E-state index contributed by atoms with van der Waals surface area (Å²) in [5.41, 5.74) is 5.92. The van der Waals surface area contributed by atoms with Crippen LogP contribution in [0.15, 0.2) is 0 Å². The highest BCUT2D eigenvalue weighted by molar-refractivity contribution is 4.84. The van der Waals surface area contributed by atoms with Crippen molar-refractivity contribution in [1.29, 1.82) is 0 Å². The van der Waals surface area contributed by atoms with Crippen LogP contribution in [-0.2, 0) is 4.74 Å². The molecule has 3 N–H and O–H groups in total. The normalized spacial score (nSPS) is 19.5. The average Bonchev–Trinajstić information content (AvgIpc) is 2.86. The standard InChI is InChI=1S/C9H20N2O/c1-12-7-6-11-5-4-9(10)8-2-3-8/h8-9,11H,2-7,10H2,1H3. The number of rotatable bonds is 7. The first-order chi connectivity index (χ1) is 5.84. The van der Waals surface area contributed by atoms with Crippen molar-refractivity contribution in [3.63, 3.8) is 0 Å². The molecule has 0 saturated heterocycles. The zero-order chi connectivity index (χ0) is 8.81. The third-order valence-electron chi connectivity index (χ3n) is 2.36. The lowest BCUT2D eigenvalue weighted by molar-refractivity contribution is 0.199. The Morgan fingerprint density at radius 2 is 2.25 bits per heavy atom. The fourth-order valence-corrected chi connectivity index (χ4v) is 1.33. The molecule has 0 aromatic rings. The van der Waals surface area contributed by atoms with E-state index in [1.807, 2.05) is 0 Å². The Morgan fingerprint density at radius 1 is 1.50 bits per heavy atom. The average molecular weight is 172 g/mol. The van der Waals surface area contributed by atoms with E-state index in [0.717, 1.165) is 32.0 Å². The highest BCUT2D eigenvalue weighted by Gasteiger charge is 2.27. The zero-order valence-electron chi connectivity index (χ0n) is 7.88. The number of nitrogens with one attached hydrogen (secondary N) is 1. The van der Waals surface area contributed by atoms with Gasteiger partial charge >= 0.3 is 0 Å². The van der Waals surface area contributed by atoms with Gasteiger partial charge in [0.2, 0.25) is 0 Å². The SMILES string of the molecule is COCCNCCC(N)C1CC1. The van der Waals surface area contributed by atoms with Crippen LogP contribution in [0.3, 0.4) is 0 Å². The molecule has 0 spiro atoms. The number of hydrogen-bond acceptors (Lipinski definition) is 3. The van der Waals surface area contributed by atoms with Gasteiger partial charge in [0.1, 0.15) is 0 Å². The summed E-state index contributed by atoms with van der Waals surface area (Å²) in [5, 5.41) is 3.29. The van der Waals surface area contributed by atoms with Crippen LogP contribution in [0.2, 0.25) is 0 Å². The van der Waals surface area contributed by atoms with E-state index in [0.29, 0.717) is 6.04 Å². The van der Waals surface area contributed by atoms with Crippen LogP contribution in [0.4, 0.5) is 0 Å². The summed E-state index contributed by atoms with van der Waals surface area (Å²) in [5.74, 6) is 0.828. The fourth-order valence-electron chi connectivity index (χ4n) is 1.33. The minimum absolute atomic E-state index is 0.431. The van der Waals surface area contributed by atoms with Gasteiger partial charge in [-0.15, -0.1) is 0 Å². The van der Waals surface area contributed by atoms with Crippen molar-refractivity contribution in [3.8, 4) is 0 Å². The Bertz CT molecular complexity index is 115. The van der Waals surface area contributed by atoms with Gasteiger partial charge in [-0.2, -0.15) is 0 Å². The summed E-state index contributed by atoms with van der Waals surface area (Å²) in [7, 11) is 1.72. The molecule has 12 heavy (non-hydrogen) atoms. The molecule has 0 aromatic carbocycles. The molecule has 1 fully saturated rings. The van der Waals surface area contributed by atoms with Gasteiger partial charge in [0, 0.05) is 19.7 Å². The molecule has 0 aliphatic heterocycles. The van der Waals surface area contributed by atoms with Crippen molar-refractivity contribution in [3.05, 3.63) is 0 Å². The molecular formula is C9H20N2O. The summed E-state index contributed by atoms with van der Waals surface area (Å²) >= 11 is 0. The van der Waals surface area contributed by atoms with Gasteiger partial charge < -0.3 is 15.8 Å². The van der Waals surface area contributed by atoms with Crippen molar-refractivity contribution in [2.75, 3.05) is 26.8 Å². The lowest BCUT2D eigenvalue weighted by Crippen LogP contribution is -2.29. The fraction of sp³-hybridized carbons (Fsp3) is 1.00. The van der Waals surface area contributed by atoms with Crippen LogP contribution >= 0.6 is 0 Å². The first kappa shape index (κ1) is 9.96. The Labute approximate surface area is 74.7 Å². The number of ether oxygens (including phenoxy) is 1. The molecule has 0 bridgehead atoms. The van der Waals surface area contributed by atoms with Crippen LogP contribution in [0.25, 0.3) is 0 Å². The predicted octanol–water partition coefficient (Wildman–Crippen LogP) is 0.350. The monoisotopic (exact) mass is 172 g/mol. The molecule has 1 saturated carbocycles. The molecule has 1 aliphatic carbocycles. The van der Waals surface area contributed by atoms with Crippen molar-refractivity contribution >= 4 is 0 Å². The minimum atomic E-state index is 0.431. The molecule has 0 heterocycles. The smallest absolute Gasteiger partial charge is 0.0587 e. The predicted molar refractivity (Wildman–Crippen MR) is 50.1 cm³/mol. The van der Waals surface area contributed by atoms with E-state index < -0.39 is 0 Å². The van der Waals surface area contributed by atoms with Gasteiger partial charge in [-0.3, -0.25) is 0 Å². The second-order valence-electron chi connectivity index (χ2n) is 3.53. The molecule has 0 amide bonds. The maximum atomic E-state index is 5.92. The van der Waals surface area contributed by atoms with Crippen LogP contribution in [0.1, 0.15) is 19.3 Å². The molecule has 72 valence electrons. The topological polar surface area (TPSA) is 47.3 Å². The lowest BCUT2D eigenvalue weighted by Gasteiger charge is -2.10. The summed E-state index contributed by atoms with van der Waals surface area (Å²) in [6.45, 7) is 2.76. The van der Waals surface area contributed by atoms with Crippen molar-refractivity contribution in [1.82, 2.24) is 5.32 Å². The molecule has 3 heteroatoms. The molecule has 0 radical (unpaired) electrons. The Hall–Kier alpha value is -0.120. The highest BCUT2D eigenvalue weighted by atomic mass is 16.5. The third kappa shape index (κ3) is 4.04. The van der Waals surface area contributed by atoms with Gasteiger partial charge in [-0.05, 0) is 31.7 Å². The van der Waals surface area contributed by atoms with E-state index in [1.165, 1.54) is 12.8 Å². The maximum absolute atomic E-state index is 5.92. The molecule has 1 unspecified atom stereocenters. The first-order valence-electron chi connectivity index (χ1n) is 4.80. The highest BCUT2D eigenvalue weighted by Crippen LogP contribution is 2.32. The molecule has 1 rings (SSSR count). The van der Waals surface area contributed by atoms with E-state index in [4.69, 9.17) is 10.5 Å². The third-order valence-corrected chi connectivity index (χ3v) is 2.36. The van der Waals surface area contributed by atoms with Crippen LogP contribution in [-0.4, -0.2) is 32.8 Å². The van der Waals surface area contributed by atoms with Gasteiger partial charge in [0.05, 0.1) is 6.61 Å². The van der Waals surface area contributed by atoms with Gasteiger partial charge in [-0.1, -0.05) is 0 Å². The van der Waals surface area contributed by atoms with Crippen LogP contribution in [0.5, 0.6) is 0 Å². The Kier molecular flexibility index (Phi) is 4.58. The van der Waals surface area contributed by atoms with Crippen LogP contribution in [0, 0.1) is 5.92 Å². The Morgan fingerprint density at radius 3 is 2.83 bits per heavy atom. The molecule has 3 nitrogen and oxygen atoms in total.